The van der Waals surface area contributed by atoms with Gasteiger partial charge in [0.2, 0.25) is 0 Å². The normalized spacial score (nSPS) is 11.0. The molecule has 2 aromatic heterocycles. The molecule has 0 spiro atoms. The third kappa shape index (κ3) is 3.49. The Morgan fingerprint density at radius 2 is 1.75 bits per heavy atom. The third-order valence-corrected chi connectivity index (χ3v) is 4.61. The van der Waals surface area contributed by atoms with Crippen molar-refractivity contribution < 1.29 is 4.79 Å². The van der Waals surface area contributed by atoms with Gasteiger partial charge in [0, 0.05) is 18.3 Å². The molecule has 4 aromatic rings. The van der Waals surface area contributed by atoms with Crippen LogP contribution in [-0.2, 0) is 6.54 Å². The smallest absolute Gasteiger partial charge is 0.253 e. The molecular formula is C22H21N5O. The molecule has 28 heavy (non-hydrogen) atoms. The minimum atomic E-state index is -0.0603. The topological polar surface area (TPSA) is 63.9 Å². The maximum absolute atomic E-state index is 12.8. The lowest BCUT2D eigenvalue weighted by molar-refractivity contribution is 0.0783. The quantitative estimate of drug-likeness (QED) is 0.549. The zero-order chi connectivity index (χ0) is 19.7. The van der Waals surface area contributed by atoms with Crippen LogP contribution in [-0.4, -0.2) is 37.6 Å². The Morgan fingerprint density at radius 3 is 2.43 bits per heavy atom. The number of hydrogen-bond acceptors (Lipinski definition) is 4. The summed E-state index contributed by atoms with van der Waals surface area (Å²) in [4.78, 5) is 23.4. The van der Waals surface area contributed by atoms with Crippen molar-refractivity contribution in [2.45, 2.75) is 20.4 Å². The average molecular weight is 371 g/mol. The summed E-state index contributed by atoms with van der Waals surface area (Å²) in [6.07, 6.45) is 1.72. The molecule has 0 bridgehead atoms. The van der Waals surface area contributed by atoms with Crippen LogP contribution in [0.1, 0.15) is 27.4 Å². The third-order valence-electron chi connectivity index (χ3n) is 4.61. The highest BCUT2D eigenvalue weighted by Gasteiger charge is 2.14. The van der Waals surface area contributed by atoms with Gasteiger partial charge < -0.3 is 4.90 Å². The molecule has 0 N–H and O–H groups in total. The molecule has 2 heterocycles. The molecule has 2 aromatic carbocycles. The Balaban J connectivity index is 1.50. The zero-order valence-electron chi connectivity index (χ0n) is 16.1. The van der Waals surface area contributed by atoms with Gasteiger partial charge in [-0.15, -0.1) is 0 Å². The fourth-order valence-electron chi connectivity index (χ4n) is 3.24. The molecule has 6 heteroatoms. The first-order valence-corrected chi connectivity index (χ1v) is 9.11. The van der Waals surface area contributed by atoms with E-state index in [4.69, 9.17) is 0 Å². The van der Waals surface area contributed by atoms with Crippen molar-refractivity contribution in [1.82, 2.24) is 24.6 Å². The molecule has 4 rings (SSSR count). The number of aromatic nitrogens is 4. The van der Waals surface area contributed by atoms with Gasteiger partial charge in [0.05, 0.1) is 40.9 Å². The van der Waals surface area contributed by atoms with Crippen LogP contribution in [0.25, 0.3) is 16.7 Å². The predicted octanol–water partition coefficient (Wildman–Crippen LogP) is 3.70. The number of nitrogens with zero attached hydrogens (tertiary/aromatic N) is 5. The van der Waals surface area contributed by atoms with Gasteiger partial charge in [0.1, 0.15) is 0 Å². The maximum atomic E-state index is 12.8. The van der Waals surface area contributed by atoms with E-state index in [0.29, 0.717) is 12.1 Å². The molecular weight excluding hydrogens is 350 g/mol. The van der Waals surface area contributed by atoms with Crippen LogP contribution < -0.4 is 0 Å². The number of amides is 1. The molecule has 6 nitrogen and oxygen atoms in total. The highest BCUT2D eigenvalue weighted by atomic mass is 16.2. The van der Waals surface area contributed by atoms with Crippen molar-refractivity contribution in [1.29, 1.82) is 0 Å². The summed E-state index contributed by atoms with van der Waals surface area (Å²) in [6.45, 7) is 4.37. The number of para-hydroxylation sites is 2. The lowest BCUT2D eigenvalue weighted by atomic mass is 10.1. The van der Waals surface area contributed by atoms with Crippen molar-refractivity contribution in [3.8, 4) is 5.69 Å². The molecule has 0 atom stereocenters. The van der Waals surface area contributed by atoms with Crippen LogP contribution in [0.4, 0.5) is 0 Å². The zero-order valence-corrected chi connectivity index (χ0v) is 16.1. The van der Waals surface area contributed by atoms with Gasteiger partial charge in [0.15, 0.2) is 0 Å². The van der Waals surface area contributed by atoms with E-state index in [0.717, 1.165) is 33.8 Å². The van der Waals surface area contributed by atoms with Gasteiger partial charge in [-0.2, -0.15) is 5.10 Å². The Labute approximate surface area is 163 Å². The highest BCUT2D eigenvalue weighted by Crippen LogP contribution is 2.15. The van der Waals surface area contributed by atoms with Gasteiger partial charge in [-0.1, -0.05) is 12.1 Å². The molecule has 0 aliphatic rings. The van der Waals surface area contributed by atoms with E-state index in [9.17, 15) is 4.79 Å². The Bertz CT molecular complexity index is 1150. The first-order chi connectivity index (χ1) is 13.5. The second-order valence-electron chi connectivity index (χ2n) is 6.90. The minimum absolute atomic E-state index is 0.0603. The van der Waals surface area contributed by atoms with Crippen LogP contribution in [0.2, 0.25) is 0 Å². The number of carbonyl (C=O) groups is 1. The van der Waals surface area contributed by atoms with Crippen molar-refractivity contribution in [2.75, 3.05) is 7.05 Å². The average Bonchev–Trinajstić information content (AvgIpc) is 3.05. The highest BCUT2D eigenvalue weighted by molar-refractivity contribution is 5.94. The monoisotopic (exact) mass is 371 g/mol. The second-order valence-corrected chi connectivity index (χ2v) is 6.90. The van der Waals surface area contributed by atoms with E-state index >= 15 is 0 Å². The van der Waals surface area contributed by atoms with E-state index in [-0.39, 0.29) is 5.91 Å². The number of carbonyl (C=O) groups excluding carboxylic acids is 1. The van der Waals surface area contributed by atoms with Gasteiger partial charge >= 0.3 is 0 Å². The molecule has 140 valence electrons. The largest absolute Gasteiger partial charge is 0.336 e. The fourth-order valence-corrected chi connectivity index (χ4v) is 3.24. The van der Waals surface area contributed by atoms with Gasteiger partial charge in [-0.05, 0) is 56.3 Å². The van der Waals surface area contributed by atoms with Crippen LogP contribution in [0.5, 0.6) is 0 Å². The van der Waals surface area contributed by atoms with Crippen LogP contribution in [0, 0.1) is 13.8 Å². The minimum Gasteiger partial charge on any atom is -0.336 e. The lowest BCUT2D eigenvalue weighted by Crippen LogP contribution is -2.26. The molecule has 0 saturated carbocycles. The number of benzene rings is 2. The van der Waals surface area contributed by atoms with Gasteiger partial charge in [-0.3, -0.25) is 9.78 Å². The van der Waals surface area contributed by atoms with Crippen LogP contribution >= 0.6 is 0 Å². The number of hydrogen-bond donors (Lipinski definition) is 0. The molecule has 0 radical (unpaired) electrons. The fraction of sp³-hybridized carbons (Fsp3) is 0.182. The summed E-state index contributed by atoms with van der Waals surface area (Å²) in [7, 11) is 1.77. The number of aryl methyl sites for hydroxylation is 2. The molecule has 0 saturated heterocycles. The van der Waals surface area contributed by atoms with Crippen molar-refractivity contribution in [2.24, 2.45) is 0 Å². The van der Waals surface area contributed by atoms with Crippen molar-refractivity contribution in [3.63, 3.8) is 0 Å². The molecule has 1 amide bonds. The SMILES string of the molecule is Cc1cc(C)n(-c2ccc(C(=O)N(C)Cc3cnc4ccccc4n3)cc2)n1. The number of fused-ring (bicyclic) bond motifs is 1. The van der Waals surface area contributed by atoms with Crippen LogP contribution in [0.3, 0.4) is 0 Å². The Hall–Kier alpha value is -3.54. The van der Waals surface area contributed by atoms with E-state index in [1.165, 1.54) is 0 Å². The summed E-state index contributed by atoms with van der Waals surface area (Å²) in [6, 6.07) is 17.2. The first-order valence-electron chi connectivity index (χ1n) is 9.11. The predicted molar refractivity (Wildman–Crippen MR) is 108 cm³/mol. The Morgan fingerprint density at radius 1 is 1.04 bits per heavy atom. The van der Waals surface area contributed by atoms with Crippen molar-refractivity contribution in [3.05, 3.63) is 83.4 Å². The summed E-state index contributed by atoms with van der Waals surface area (Å²) < 4.78 is 1.87. The summed E-state index contributed by atoms with van der Waals surface area (Å²) in [5, 5.41) is 4.48. The second kappa shape index (κ2) is 7.23. The first kappa shape index (κ1) is 17.9. The molecule has 0 fully saturated rings. The van der Waals surface area contributed by atoms with Crippen LogP contribution in [0.15, 0.2) is 60.8 Å². The molecule has 0 unspecified atom stereocenters. The number of rotatable bonds is 4. The van der Waals surface area contributed by atoms with E-state index in [2.05, 4.69) is 15.1 Å². The van der Waals surface area contributed by atoms with E-state index in [1.54, 1.807) is 18.1 Å². The Kier molecular flexibility index (Phi) is 4.61. The van der Waals surface area contributed by atoms with E-state index < -0.39 is 0 Å². The molecule has 0 aliphatic carbocycles. The summed E-state index contributed by atoms with van der Waals surface area (Å²) >= 11 is 0. The maximum Gasteiger partial charge on any atom is 0.253 e. The molecule has 0 aliphatic heterocycles. The van der Waals surface area contributed by atoms with E-state index in [1.807, 2.05) is 73.1 Å². The summed E-state index contributed by atoms with van der Waals surface area (Å²) in [5.41, 5.74) is 6.02. The summed E-state index contributed by atoms with van der Waals surface area (Å²) in [5.74, 6) is -0.0603. The lowest BCUT2D eigenvalue weighted by Gasteiger charge is -2.17. The standard InChI is InChI=1S/C22H21N5O/c1-15-12-16(2)27(25-15)19-10-8-17(9-11-19)22(28)26(3)14-18-13-23-20-6-4-5-7-21(20)24-18/h4-13H,14H2,1-3H3. The van der Waals surface area contributed by atoms with Gasteiger partial charge in [-0.25, -0.2) is 9.67 Å². The van der Waals surface area contributed by atoms with Gasteiger partial charge in [0.25, 0.3) is 5.91 Å². The van der Waals surface area contributed by atoms with Crippen molar-refractivity contribution >= 4 is 16.9 Å².